The largest absolute Gasteiger partial charge is 0.325 e. The van der Waals surface area contributed by atoms with E-state index in [0.29, 0.717) is 5.84 Å². The van der Waals surface area contributed by atoms with Crippen LogP contribution < -0.4 is 0 Å². The van der Waals surface area contributed by atoms with Gasteiger partial charge < -0.3 is 4.90 Å². The van der Waals surface area contributed by atoms with Crippen molar-refractivity contribution < 1.29 is 0 Å². The van der Waals surface area contributed by atoms with Crippen LogP contribution in [0, 0.1) is 5.41 Å². The molecule has 3 heteroatoms. The predicted molar refractivity (Wildman–Crippen MR) is 53.3 cm³/mol. The molecule has 0 aromatic carbocycles. The van der Waals surface area contributed by atoms with Gasteiger partial charge in [0, 0.05) is 17.4 Å². The summed E-state index contributed by atoms with van der Waals surface area (Å²) in [4.78, 5) is 2.00. The van der Waals surface area contributed by atoms with Crippen molar-refractivity contribution in [3.8, 4) is 0 Å². The molecule has 12 heavy (non-hydrogen) atoms. The SMILES string of the molecule is N=C1CC=CC2=C(Br)C=CCN12. The van der Waals surface area contributed by atoms with Gasteiger partial charge in [-0.15, -0.1) is 0 Å². The molecular weight excluding hydrogens is 216 g/mol. The Morgan fingerprint density at radius 3 is 2.92 bits per heavy atom. The van der Waals surface area contributed by atoms with Gasteiger partial charge in [0.15, 0.2) is 0 Å². The smallest absolute Gasteiger partial charge is 0.104 e. The van der Waals surface area contributed by atoms with Crippen LogP contribution >= 0.6 is 15.9 Å². The van der Waals surface area contributed by atoms with Crippen molar-refractivity contribution in [2.24, 2.45) is 0 Å². The molecule has 0 aromatic heterocycles. The summed E-state index contributed by atoms with van der Waals surface area (Å²) in [6, 6.07) is 0. The summed E-state index contributed by atoms with van der Waals surface area (Å²) in [5.41, 5.74) is 1.11. The van der Waals surface area contributed by atoms with Crippen molar-refractivity contribution in [1.82, 2.24) is 4.90 Å². The Morgan fingerprint density at radius 1 is 1.33 bits per heavy atom. The highest BCUT2D eigenvalue weighted by atomic mass is 79.9. The minimum atomic E-state index is 0.675. The molecule has 0 radical (unpaired) electrons. The monoisotopic (exact) mass is 224 g/mol. The fourth-order valence-corrected chi connectivity index (χ4v) is 1.92. The number of rotatable bonds is 0. The molecule has 1 N–H and O–H groups in total. The van der Waals surface area contributed by atoms with E-state index < -0.39 is 0 Å². The van der Waals surface area contributed by atoms with Crippen molar-refractivity contribution in [2.45, 2.75) is 6.42 Å². The first-order chi connectivity index (χ1) is 5.79. The molecule has 0 amide bonds. The van der Waals surface area contributed by atoms with Gasteiger partial charge in [-0.2, -0.15) is 0 Å². The molecule has 0 saturated carbocycles. The fraction of sp³-hybridized carbons (Fsp3) is 0.222. The van der Waals surface area contributed by atoms with Gasteiger partial charge in [-0.05, 0) is 28.1 Å². The lowest BCUT2D eigenvalue weighted by Gasteiger charge is -2.30. The van der Waals surface area contributed by atoms with Crippen LogP contribution in [0.1, 0.15) is 6.42 Å². The topological polar surface area (TPSA) is 27.1 Å². The number of nitrogens with zero attached hydrogens (tertiary/aromatic N) is 1. The minimum Gasteiger partial charge on any atom is -0.325 e. The maximum Gasteiger partial charge on any atom is 0.104 e. The summed E-state index contributed by atoms with van der Waals surface area (Å²) in [6.45, 7) is 0.827. The Kier molecular flexibility index (Phi) is 1.89. The average molecular weight is 225 g/mol. The third-order valence-electron chi connectivity index (χ3n) is 2.00. The van der Waals surface area contributed by atoms with E-state index in [1.54, 1.807) is 0 Å². The zero-order valence-corrected chi connectivity index (χ0v) is 8.13. The second-order valence-corrected chi connectivity index (χ2v) is 3.65. The third-order valence-corrected chi connectivity index (χ3v) is 2.67. The Morgan fingerprint density at radius 2 is 2.17 bits per heavy atom. The lowest BCUT2D eigenvalue weighted by atomic mass is 10.1. The number of allylic oxidation sites excluding steroid dienone is 3. The van der Waals surface area contributed by atoms with Crippen molar-refractivity contribution in [3.05, 3.63) is 34.5 Å². The first kappa shape index (κ1) is 7.80. The fourth-order valence-electron chi connectivity index (χ4n) is 1.39. The van der Waals surface area contributed by atoms with Gasteiger partial charge in [-0.1, -0.05) is 12.2 Å². The first-order valence-electron chi connectivity index (χ1n) is 3.87. The van der Waals surface area contributed by atoms with E-state index in [1.807, 2.05) is 17.1 Å². The quantitative estimate of drug-likeness (QED) is 0.673. The molecule has 0 fully saturated rings. The van der Waals surface area contributed by atoms with Gasteiger partial charge in [-0.3, -0.25) is 5.41 Å². The molecule has 2 aliphatic heterocycles. The maximum absolute atomic E-state index is 7.69. The van der Waals surface area contributed by atoms with E-state index in [2.05, 4.69) is 28.1 Å². The Labute approximate surface area is 79.9 Å². The molecule has 2 aliphatic rings. The molecule has 0 bridgehead atoms. The normalized spacial score (nSPS) is 21.8. The van der Waals surface area contributed by atoms with Crippen LogP contribution in [0.3, 0.4) is 0 Å². The summed E-state index contributed by atoms with van der Waals surface area (Å²) in [5, 5.41) is 7.69. The summed E-state index contributed by atoms with van der Waals surface area (Å²) in [6.07, 6.45) is 8.92. The standard InChI is InChI=1S/C9H9BrN2/c10-7-3-2-6-12-8(7)4-1-5-9(12)11/h1-4,11H,5-6H2. The van der Waals surface area contributed by atoms with Crippen molar-refractivity contribution in [3.63, 3.8) is 0 Å². The minimum absolute atomic E-state index is 0.675. The summed E-state index contributed by atoms with van der Waals surface area (Å²) in [7, 11) is 0. The van der Waals surface area contributed by atoms with E-state index in [-0.39, 0.29) is 0 Å². The molecule has 2 rings (SSSR count). The molecule has 62 valence electrons. The lowest BCUT2D eigenvalue weighted by Crippen LogP contribution is -2.32. The average Bonchev–Trinajstić information content (AvgIpc) is 2.07. The van der Waals surface area contributed by atoms with E-state index in [4.69, 9.17) is 5.41 Å². The molecule has 2 nitrogen and oxygen atoms in total. The zero-order chi connectivity index (χ0) is 8.55. The lowest BCUT2D eigenvalue weighted by molar-refractivity contribution is 0.558. The second kappa shape index (κ2) is 2.90. The van der Waals surface area contributed by atoms with Crippen LogP contribution in [0.4, 0.5) is 0 Å². The Balaban J connectivity index is 2.45. The van der Waals surface area contributed by atoms with Crippen molar-refractivity contribution >= 4 is 21.8 Å². The summed E-state index contributed by atoms with van der Waals surface area (Å²) in [5.74, 6) is 0.675. The van der Waals surface area contributed by atoms with Gasteiger partial charge >= 0.3 is 0 Å². The molecule has 0 saturated heterocycles. The number of halogens is 1. The molecule has 0 unspecified atom stereocenters. The van der Waals surface area contributed by atoms with Crippen molar-refractivity contribution in [1.29, 1.82) is 5.41 Å². The van der Waals surface area contributed by atoms with Crippen LogP contribution in [0.25, 0.3) is 0 Å². The Hall–Kier alpha value is -0.830. The van der Waals surface area contributed by atoms with Gasteiger partial charge in [0.2, 0.25) is 0 Å². The third kappa shape index (κ3) is 1.14. The number of fused-ring (bicyclic) bond motifs is 1. The first-order valence-corrected chi connectivity index (χ1v) is 4.66. The Bertz CT molecular complexity index is 312. The van der Waals surface area contributed by atoms with E-state index in [1.165, 1.54) is 0 Å². The molecule has 0 atom stereocenters. The predicted octanol–water partition coefficient (Wildman–Crippen LogP) is 2.40. The number of nitrogens with one attached hydrogen (secondary N) is 1. The van der Waals surface area contributed by atoms with Crippen LogP contribution in [-0.4, -0.2) is 17.3 Å². The number of hydrogen-bond acceptors (Lipinski definition) is 1. The van der Waals surface area contributed by atoms with Crippen LogP contribution in [0.2, 0.25) is 0 Å². The number of hydrogen-bond donors (Lipinski definition) is 1. The van der Waals surface area contributed by atoms with E-state index in [9.17, 15) is 0 Å². The highest BCUT2D eigenvalue weighted by Crippen LogP contribution is 2.26. The van der Waals surface area contributed by atoms with Crippen LogP contribution in [0.15, 0.2) is 34.5 Å². The van der Waals surface area contributed by atoms with Gasteiger partial charge in [-0.25, -0.2) is 0 Å². The molecule has 2 heterocycles. The van der Waals surface area contributed by atoms with Gasteiger partial charge in [0.05, 0.1) is 5.70 Å². The van der Waals surface area contributed by atoms with Gasteiger partial charge in [0.1, 0.15) is 5.84 Å². The second-order valence-electron chi connectivity index (χ2n) is 2.80. The molecular formula is C9H9BrN2. The van der Waals surface area contributed by atoms with E-state index in [0.717, 1.165) is 23.1 Å². The van der Waals surface area contributed by atoms with Crippen LogP contribution in [0.5, 0.6) is 0 Å². The number of amidine groups is 1. The molecule has 0 aliphatic carbocycles. The molecule has 0 spiro atoms. The molecule has 0 aromatic rings. The zero-order valence-electron chi connectivity index (χ0n) is 6.55. The maximum atomic E-state index is 7.69. The van der Waals surface area contributed by atoms with E-state index >= 15 is 0 Å². The van der Waals surface area contributed by atoms with Crippen molar-refractivity contribution in [2.75, 3.05) is 6.54 Å². The summed E-state index contributed by atoms with van der Waals surface area (Å²) >= 11 is 3.46. The summed E-state index contributed by atoms with van der Waals surface area (Å²) < 4.78 is 1.06. The highest BCUT2D eigenvalue weighted by molar-refractivity contribution is 9.11. The van der Waals surface area contributed by atoms with Crippen LogP contribution in [-0.2, 0) is 0 Å². The van der Waals surface area contributed by atoms with Gasteiger partial charge in [0.25, 0.3) is 0 Å². The highest BCUT2D eigenvalue weighted by Gasteiger charge is 2.18.